The van der Waals surface area contributed by atoms with E-state index in [9.17, 15) is 0 Å². The van der Waals surface area contributed by atoms with Crippen LogP contribution in [0.2, 0.25) is 0 Å². The minimum atomic E-state index is -0.119. The summed E-state index contributed by atoms with van der Waals surface area (Å²) < 4.78 is 0. The summed E-state index contributed by atoms with van der Waals surface area (Å²) in [4.78, 5) is 28.9. The number of hydrogen-bond donors (Lipinski definition) is 6. The Morgan fingerprint density at radius 3 is 0.642 bits per heavy atom. The van der Waals surface area contributed by atoms with Gasteiger partial charge in [-0.15, -0.1) is 0 Å². The number of nitrogens with zero attached hydrogens (tertiary/aromatic N) is 2. The summed E-state index contributed by atoms with van der Waals surface area (Å²) in [5.41, 5.74) is 14.9. The van der Waals surface area contributed by atoms with E-state index in [4.69, 9.17) is 0 Å². The molecule has 9 rings (SSSR count). The average molecular weight is 713 g/mol. The second kappa shape index (κ2) is 14.1. The van der Waals surface area contributed by atoms with Gasteiger partial charge in [-0.2, -0.15) is 0 Å². The standard InChI is InChI=1S/C45H60N8/c1-7-43(8-2)37-19-13-31(46-37)25-52-27-33-15-21-39(48-33)44(9-3,10-4)40-22-16-34(49-40)28-53(26-32-14-20-38(43)47-32)30-36-18-24-42(51-36)45(11-5,12-6)41-23-17-35(29-52)50-41/h13-24,46-51H,7-12,25-30H2,1-6H3. The molecule has 0 spiro atoms. The van der Waals surface area contributed by atoms with Crippen molar-refractivity contribution in [2.24, 2.45) is 0 Å². The molecular formula is C45H60N8. The lowest BCUT2D eigenvalue weighted by atomic mass is 9.76. The van der Waals surface area contributed by atoms with Gasteiger partial charge in [0.25, 0.3) is 0 Å². The van der Waals surface area contributed by atoms with Crippen molar-refractivity contribution in [3.05, 3.63) is 141 Å². The quantitative estimate of drug-likeness (QED) is 0.104. The zero-order valence-electron chi connectivity index (χ0n) is 32.8. The third-order valence-electron chi connectivity index (χ3n) is 13.6. The topological polar surface area (TPSA) is 101 Å². The first-order valence-corrected chi connectivity index (χ1v) is 20.3. The highest BCUT2D eigenvalue weighted by molar-refractivity contribution is 5.38. The lowest BCUT2D eigenvalue weighted by molar-refractivity contribution is 0.237. The van der Waals surface area contributed by atoms with Crippen molar-refractivity contribution < 1.29 is 0 Å². The molecule has 14 bridgehead atoms. The van der Waals surface area contributed by atoms with Gasteiger partial charge in [-0.1, -0.05) is 41.5 Å². The van der Waals surface area contributed by atoms with E-state index < -0.39 is 0 Å². The summed E-state index contributed by atoms with van der Waals surface area (Å²) in [6.07, 6.45) is 6.07. The van der Waals surface area contributed by atoms with Crippen LogP contribution in [-0.4, -0.2) is 39.7 Å². The summed E-state index contributed by atoms with van der Waals surface area (Å²) in [6.45, 7) is 18.9. The van der Waals surface area contributed by atoms with E-state index in [-0.39, 0.29) is 16.2 Å². The Balaban J connectivity index is 1.33. The number of aromatic amines is 6. The third-order valence-corrected chi connectivity index (χ3v) is 13.6. The Hall–Kier alpha value is -4.40. The average Bonchev–Trinajstić information content (AvgIpc) is 4.02. The van der Waals surface area contributed by atoms with Crippen molar-refractivity contribution in [2.75, 3.05) is 0 Å². The largest absolute Gasteiger partial charge is 0.360 e. The predicted molar refractivity (Wildman–Crippen MR) is 215 cm³/mol. The molecule has 3 aliphatic rings. The van der Waals surface area contributed by atoms with Gasteiger partial charge in [-0.25, -0.2) is 0 Å². The molecule has 6 N–H and O–H groups in total. The molecule has 0 aromatic carbocycles. The predicted octanol–water partition coefficient (Wildman–Crippen LogP) is 10.0. The van der Waals surface area contributed by atoms with Gasteiger partial charge in [-0.3, -0.25) is 9.80 Å². The first kappa shape index (κ1) is 35.6. The molecule has 0 saturated carbocycles. The van der Waals surface area contributed by atoms with Gasteiger partial charge < -0.3 is 29.9 Å². The Labute approximate surface area is 315 Å². The molecule has 6 aromatic rings. The second-order valence-electron chi connectivity index (χ2n) is 16.0. The smallest absolute Gasteiger partial charge is 0.0498 e. The molecule has 0 saturated heterocycles. The Morgan fingerprint density at radius 1 is 0.321 bits per heavy atom. The van der Waals surface area contributed by atoms with Gasteiger partial charge in [0.1, 0.15) is 0 Å². The van der Waals surface area contributed by atoms with E-state index in [0.717, 1.165) is 77.8 Å². The monoisotopic (exact) mass is 712 g/mol. The molecule has 9 heterocycles. The summed E-state index contributed by atoms with van der Waals surface area (Å²) >= 11 is 0. The van der Waals surface area contributed by atoms with Gasteiger partial charge in [0.2, 0.25) is 0 Å². The summed E-state index contributed by atoms with van der Waals surface area (Å²) in [7, 11) is 0. The van der Waals surface area contributed by atoms with Gasteiger partial charge in [0.15, 0.2) is 0 Å². The van der Waals surface area contributed by atoms with Crippen LogP contribution in [0.4, 0.5) is 0 Å². The highest BCUT2D eigenvalue weighted by atomic mass is 15.2. The molecule has 3 aliphatic heterocycles. The van der Waals surface area contributed by atoms with Crippen LogP contribution in [-0.2, 0) is 55.5 Å². The van der Waals surface area contributed by atoms with E-state index in [1.165, 1.54) is 68.3 Å². The van der Waals surface area contributed by atoms with Crippen molar-refractivity contribution >= 4 is 0 Å². The zero-order valence-corrected chi connectivity index (χ0v) is 32.8. The van der Waals surface area contributed by atoms with Crippen LogP contribution < -0.4 is 0 Å². The van der Waals surface area contributed by atoms with Crippen molar-refractivity contribution in [1.82, 2.24) is 39.7 Å². The van der Waals surface area contributed by atoms with Crippen LogP contribution in [0.15, 0.2) is 72.8 Å². The molecule has 8 heteroatoms. The highest BCUT2D eigenvalue weighted by Gasteiger charge is 2.37. The molecule has 6 aromatic heterocycles. The number of rotatable bonds is 6. The molecule has 280 valence electrons. The molecule has 53 heavy (non-hydrogen) atoms. The van der Waals surface area contributed by atoms with Crippen molar-refractivity contribution in [3.8, 4) is 0 Å². The maximum Gasteiger partial charge on any atom is 0.0498 e. The maximum atomic E-state index is 3.96. The molecule has 0 aliphatic carbocycles. The summed E-state index contributed by atoms with van der Waals surface area (Å²) in [5, 5.41) is 0. The Morgan fingerprint density at radius 2 is 0.491 bits per heavy atom. The van der Waals surface area contributed by atoms with Crippen molar-refractivity contribution in [2.45, 2.75) is 136 Å². The first-order chi connectivity index (χ1) is 25.8. The van der Waals surface area contributed by atoms with E-state index in [1.807, 2.05) is 0 Å². The number of aromatic nitrogens is 6. The molecule has 0 radical (unpaired) electrons. The van der Waals surface area contributed by atoms with E-state index >= 15 is 0 Å². The van der Waals surface area contributed by atoms with Crippen LogP contribution >= 0.6 is 0 Å². The molecule has 8 nitrogen and oxygen atoms in total. The van der Waals surface area contributed by atoms with Crippen LogP contribution in [0.1, 0.15) is 148 Å². The lowest BCUT2D eigenvalue weighted by Crippen LogP contribution is -2.29. The summed E-state index contributed by atoms with van der Waals surface area (Å²) in [5.74, 6) is 0. The summed E-state index contributed by atoms with van der Waals surface area (Å²) in [6, 6.07) is 28.0. The SMILES string of the molecule is CCC1(CC)c2ccc([nH]2)CN2Cc3ccc([nH]3)C(CC)(CC)c3ccc([nH]3)CN(Cc3ccc1[nH]3)Cc1ccc([nH]1)C(CC)(CC)c1ccc([nH]1)C2. The number of nitrogens with one attached hydrogen (secondary N) is 6. The zero-order chi connectivity index (χ0) is 36.8. The number of hydrogen-bond acceptors (Lipinski definition) is 2. The van der Waals surface area contributed by atoms with Crippen molar-refractivity contribution in [1.29, 1.82) is 0 Å². The Kier molecular flexibility index (Phi) is 9.48. The van der Waals surface area contributed by atoms with Crippen LogP contribution in [0, 0.1) is 0 Å². The molecule has 0 amide bonds. The highest BCUT2D eigenvalue weighted by Crippen LogP contribution is 2.41. The van der Waals surface area contributed by atoms with E-state index in [1.54, 1.807) is 0 Å². The molecule has 0 unspecified atom stereocenters. The fourth-order valence-corrected chi connectivity index (χ4v) is 10.1. The fourth-order valence-electron chi connectivity index (χ4n) is 10.1. The lowest BCUT2D eigenvalue weighted by Gasteiger charge is -2.31. The molecular weight excluding hydrogens is 653 g/mol. The first-order valence-electron chi connectivity index (χ1n) is 20.3. The Bertz CT molecular complexity index is 1730. The van der Waals surface area contributed by atoms with Gasteiger partial charge >= 0.3 is 0 Å². The van der Waals surface area contributed by atoms with Gasteiger partial charge in [0, 0.05) is 124 Å². The third kappa shape index (κ3) is 6.08. The molecule has 0 atom stereocenters. The van der Waals surface area contributed by atoms with Crippen LogP contribution in [0.5, 0.6) is 0 Å². The normalized spacial score (nSPS) is 20.7. The molecule has 0 fully saturated rings. The van der Waals surface area contributed by atoms with Crippen LogP contribution in [0.3, 0.4) is 0 Å². The van der Waals surface area contributed by atoms with Gasteiger partial charge in [-0.05, 0) is 111 Å². The maximum absolute atomic E-state index is 3.96. The van der Waals surface area contributed by atoms with E-state index in [2.05, 4.69) is 154 Å². The van der Waals surface area contributed by atoms with E-state index in [0.29, 0.717) is 0 Å². The minimum absolute atomic E-state index is 0.119. The van der Waals surface area contributed by atoms with Crippen LogP contribution in [0.25, 0.3) is 0 Å². The number of H-pyrrole nitrogens is 6. The second-order valence-corrected chi connectivity index (χ2v) is 16.0. The fraction of sp³-hybridized carbons (Fsp3) is 0.467. The van der Waals surface area contributed by atoms with Crippen molar-refractivity contribution in [3.63, 3.8) is 0 Å². The van der Waals surface area contributed by atoms with Gasteiger partial charge in [0.05, 0.1) is 0 Å². The minimum Gasteiger partial charge on any atom is -0.360 e.